The van der Waals surface area contributed by atoms with Crippen LogP contribution < -0.4 is 5.73 Å². The Balaban J connectivity index is 2.20. The van der Waals surface area contributed by atoms with Crippen molar-refractivity contribution >= 4 is 21.4 Å². The molecule has 1 atom stereocenters. The van der Waals surface area contributed by atoms with Crippen molar-refractivity contribution in [1.29, 1.82) is 0 Å². The molecule has 90 valence electrons. The monoisotopic (exact) mass is 245 g/mol. The second-order valence-corrected chi connectivity index (χ2v) is 5.85. The van der Waals surface area contributed by atoms with Crippen molar-refractivity contribution in [3.8, 4) is 0 Å². The summed E-state index contributed by atoms with van der Waals surface area (Å²) in [7, 11) is 0. The standard InChI is InChI=1S/C15H19NS/c1-2-10-4-6-14-15-12(10)5-3-11(7-8-16)13(15)9-17-14/h4,6,9,11H,2-3,5,7-8,16H2,1H3. The Labute approximate surface area is 107 Å². The minimum atomic E-state index is 0.702. The average Bonchev–Trinajstić information content (AvgIpc) is 2.79. The van der Waals surface area contributed by atoms with Crippen molar-refractivity contribution in [1.82, 2.24) is 0 Å². The van der Waals surface area contributed by atoms with Gasteiger partial charge in [0.15, 0.2) is 0 Å². The molecule has 2 aromatic rings. The molecule has 1 aromatic carbocycles. The fraction of sp³-hybridized carbons (Fsp3) is 0.467. The minimum Gasteiger partial charge on any atom is -0.330 e. The molecule has 1 aromatic heterocycles. The third-order valence-electron chi connectivity index (χ3n) is 4.05. The Hall–Kier alpha value is -0.860. The van der Waals surface area contributed by atoms with Crippen molar-refractivity contribution < 1.29 is 0 Å². The Morgan fingerprint density at radius 1 is 1.41 bits per heavy atom. The fourth-order valence-electron chi connectivity index (χ4n) is 3.16. The average molecular weight is 245 g/mol. The lowest BCUT2D eigenvalue weighted by molar-refractivity contribution is 0.578. The van der Waals surface area contributed by atoms with Crippen molar-refractivity contribution in [2.45, 2.75) is 38.5 Å². The lowest BCUT2D eigenvalue weighted by Gasteiger charge is -2.24. The highest BCUT2D eigenvalue weighted by Gasteiger charge is 2.23. The van der Waals surface area contributed by atoms with Gasteiger partial charge in [-0.2, -0.15) is 0 Å². The van der Waals surface area contributed by atoms with E-state index < -0.39 is 0 Å². The predicted octanol–water partition coefficient (Wildman–Crippen LogP) is 3.84. The van der Waals surface area contributed by atoms with Gasteiger partial charge in [0.25, 0.3) is 0 Å². The van der Waals surface area contributed by atoms with E-state index in [0.717, 1.165) is 19.4 Å². The lowest BCUT2D eigenvalue weighted by Crippen LogP contribution is -2.12. The van der Waals surface area contributed by atoms with Crippen LogP contribution in [0.1, 0.15) is 42.4 Å². The van der Waals surface area contributed by atoms with Crippen LogP contribution in [0, 0.1) is 0 Å². The number of aryl methyl sites for hydroxylation is 2. The molecule has 1 aliphatic carbocycles. The Morgan fingerprint density at radius 3 is 3.06 bits per heavy atom. The zero-order chi connectivity index (χ0) is 11.8. The Morgan fingerprint density at radius 2 is 2.29 bits per heavy atom. The van der Waals surface area contributed by atoms with Crippen molar-refractivity contribution in [3.63, 3.8) is 0 Å². The van der Waals surface area contributed by atoms with E-state index in [0.29, 0.717) is 5.92 Å². The van der Waals surface area contributed by atoms with Crippen LogP contribution >= 0.6 is 11.3 Å². The van der Waals surface area contributed by atoms with Gasteiger partial charge in [-0.25, -0.2) is 0 Å². The molecule has 17 heavy (non-hydrogen) atoms. The molecular weight excluding hydrogens is 226 g/mol. The quantitative estimate of drug-likeness (QED) is 0.873. The molecule has 0 spiro atoms. The van der Waals surface area contributed by atoms with E-state index in [-0.39, 0.29) is 0 Å². The summed E-state index contributed by atoms with van der Waals surface area (Å²) in [5.74, 6) is 0.702. The maximum Gasteiger partial charge on any atom is 0.0348 e. The molecule has 0 aliphatic heterocycles. The summed E-state index contributed by atoms with van der Waals surface area (Å²) in [6, 6.07) is 4.62. The van der Waals surface area contributed by atoms with Gasteiger partial charge in [0.05, 0.1) is 0 Å². The van der Waals surface area contributed by atoms with Gasteiger partial charge in [0.1, 0.15) is 0 Å². The smallest absolute Gasteiger partial charge is 0.0348 e. The molecule has 1 aliphatic rings. The number of hydrogen-bond donors (Lipinski definition) is 1. The van der Waals surface area contributed by atoms with Gasteiger partial charge in [-0.3, -0.25) is 0 Å². The number of rotatable bonds is 3. The molecule has 1 heterocycles. The van der Waals surface area contributed by atoms with Crippen LogP contribution in [0.25, 0.3) is 10.1 Å². The van der Waals surface area contributed by atoms with E-state index in [1.165, 1.54) is 17.5 Å². The molecule has 0 bridgehead atoms. The lowest BCUT2D eigenvalue weighted by atomic mass is 9.81. The highest BCUT2D eigenvalue weighted by Crippen LogP contribution is 2.42. The topological polar surface area (TPSA) is 26.0 Å². The van der Waals surface area contributed by atoms with Crippen molar-refractivity contribution in [2.75, 3.05) is 6.54 Å². The van der Waals surface area contributed by atoms with Crippen LogP contribution in [0.3, 0.4) is 0 Å². The van der Waals surface area contributed by atoms with Gasteiger partial charge in [0, 0.05) is 4.70 Å². The van der Waals surface area contributed by atoms with Crippen LogP contribution in [-0.2, 0) is 12.8 Å². The Bertz CT molecular complexity index is 541. The largest absolute Gasteiger partial charge is 0.330 e. The van der Waals surface area contributed by atoms with Crippen LogP contribution in [-0.4, -0.2) is 6.54 Å². The van der Waals surface area contributed by atoms with Crippen LogP contribution in [0.5, 0.6) is 0 Å². The van der Waals surface area contributed by atoms with E-state index in [1.807, 2.05) is 11.3 Å². The zero-order valence-electron chi connectivity index (χ0n) is 10.3. The second-order valence-electron chi connectivity index (χ2n) is 4.93. The highest BCUT2D eigenvalue weighted by molar-refractivity contribution is 7.17. The normalized spacial score (nSPS) is 18.8. The van der Waals surface area contributed by atoms with E-state index in [1.54, 1.807) is 22.1 Å². The number of hydrogen-bond acceptors (Lipinski definition) is 2. The first-order valence-corrected chi connectivity index (χ1v) is 7.45. The number of benzene rings is 1. The third kappa shape index (κ3) is 1.71. The zero-order valence-corrected chi connectivity index (χ0v) is 11.1. The minimum absolute atomic E-state index is 0.702. The van der Waals surface area contributed by atoms with Gasteiger partial charge in [-0.1, -0.05) is 13.0 Å². The molecule has 0 fully saturated rings. The first-order valence-electron chi connectivity index (χ1n) is 6.57. The fourth-order valence-corrected chi connectivity index (χ4v) is 4.23. The maximum absolute atomic E-state index is 5.74. The summed E-state index contributed by atoms with van der Waals surface area (Å²) in [5, 5.41) is 3.94. The number of thiophene rings is 1. The summed E-state index contributed by atoms with van der Waals surface area (Å²) < 4.78 is 1.47. The molecule has 0 saturated carbocycles. The highest BCUT2D eigenvalue weighted by atomic mass is 32.1. The summed E-state index contributed by atoms with van der Waals surface area (Å²) in [4.78, 5) is 0. The van der Waals surface area contributed by atoms with Gasteiger partial charge >= 0.3 is 0 Å². The summed E-state index contributed by atoms with van der Waals surface area (Å²) in [5.41, 5.74) is 10.5. The molecule has 0 saturated heterocycles. The second kappa shape index (κ2) is 4.43. The van der Waals surface area contributed by atoms with E-state index in [9.17, 15) is 0 Å². The van der Waals surface area contributed by atoms with Crippen LogP contribution in [0.15, 0.2) is 17.5 Å². The molecule has 0 radical (unpaired) electrons. The molecule has 2 N–H and O–H groups in total. The number of nitrogens with two attached hydrogens (primary N) is 1. The first-order chi connectivity index (χ1) is 8.35. The molecule has 1 nitrogen and oxygen atoms in total. The summed E-state index contributed by atoms with van der Waals surface area (Å²) in [6.07, 6.45) is 4.83. The Kier molecular flexibility index (Phi) is 2.93. The van der Waals surface area contributed by atoms with Crippen molar-refractivity contribution in [2.24, 2.45) is 5.73 Å². The molecular formula is C15H19NS. The first kappa shape index (κ1) is 11.2. The molecule has 3 rings (SSSR count). The van der Waals surface area contributed by atoms with Crippen LogP contribution in [0.2, 0.25) is 0 Å². The van der Waals surface area contributed by atoms with Gasteiger partial charge in [-0.05, 0) is 71.7 Å². The van der Waals surface area contributed by atoms with E-state index >= 15 is 0 Å². The van der Waals surface area contributed by atoms with Crippen LogP contribution in [0.4, 0.5) is 0 Å². The predicted molar refractivity (Wildman–Crippen MR) is 75.9 cm³/mol. The molecule has 0 amide bonds. The SMILES string of the molecule is CCc1ccc2scc3c2c1CCC3CCN. The van der Waals surface area contributed by atoms with E-state index in [2.05, 4.69) is 24.4 Å². The third-order valence-corrected chi connectivity index (χ3v) is 5.02. The van der Waals surface area contributed by atoms with Gasteiger partial charge in [0.2, 0.25) is 0 Å². The van der Waals surface area contributed by atoms with Gasteiger partial charge in [-0.15, -0.1) is 11.3 Å². The molecule has 2 heteroatoms. The van der Waals surface area contributed by atoms with E-state index in [4.69, 9.17) is 5.73 Å². The molecule has 1 unspecified atom stereocenters. The van der Waals surface area contributed by atoms with Crippen molar-refractivity contribution in [3.05, 3.63) is 34.2 Å². The summed E-state index contributed by atoms with van der Waals surface area (Å²) in [6.45, 7) is 3.07. The van der Waals surface area contributed by atoms with Gasteiger partial charge < -0.3 is 5.73 Å². The summed E-state index contributed by atoms with van der Waals surface area (Å²) >= 11 is 1.90. The maximum atomic E-state index is 5.74.